The Balaban J connectivity index is 1.54. The molecule has 0 saturated carbocycles. The van der Waals surface area contributed by atoms with E-state index in [1.807, 2.05) is 17.1 Å². The van der Waals surface area contributed by atoms with Crippen LogP contribution in [0.5, 0.6) is 0 Å². The Labute approximate surface area is 128 Å². The van der Waals surface area contributed by atoms with E-state index in [9.17, 15) is 0 Å². The molecule has 0 atom stereocenters. The van der Waals surface area contributed by atoms with Crippen molar-refractivity contribution in [2.24, 2.45) is 0 Å². The van der Waals surface area contributed by atoms with Crippen LogP contribution in [0.1, 0.15) is 19.3 Å². The predicted molar refractivity (Wildman–Crippen MR) is 81.6 cm³/mol. The van der Waals surface area contributed by atoms with Crippen LogP contribution < -0.4 is 10.2 Å². The van der Waals surface area contributed by atoms with E-state index in [-0.39, 0.29) is 5.28 Å². The lowest BCUT2D eigenvalue weighted by Crippen LogP contribution is -2.21. The second kappa shape index (κ2) is 6.71. The van der Waals surface area contributed by atoms with Gasteiger partial charge in [0, 0.05) is 38.6 Å². The maximum absolute atomic E-state index is 5.98. The van der Waals surface area contributed by atoms with Gasteiger partial charge in [0.1, 0.15) is 0 Å². The van der Waals surface area contributed by atoms with Gasteiger partial charge < -0.3 is 14.8 Å². The van der Waals surface area contributed by atoms with Crippen LogP contribution in [0.3, 0.4) is 0 Å². The number of nitrogens with one attached hydrogen (secondary N) is 1. The second-order valence-corrected chi connectivity index (χ2v) is 5.34. The van der Waals surface area contributed by atoms with Gasteiger partial charge in [-0.25, -0.2) is 4.98 Å². The summed E-state index contributed by atoms with van der Waals surface area (Å²) in [7, 11) is 0. The molecular formula is C13H18ClN7. The molecule has 0 bridgehead atoms. The van der Waals surface area contributed by atoms with Crippen LogP contribution in [-0.4, -0.2) is 44.1 Å². The van der Waals surface area contributed by atoms with Gasteiger partial charge in [-0.2, -0.15) is 15.0 Å². The van der Waals surface area contributed by atoms with Crippen LogP contribution in [0.25, 0.3) is 0 Å². The largest absolute Gasteiger partial charge is 0.354 e. The molecule has 2 aromatic heterocycles. The van der Waals surface area contributed by atoms with Gasteiger partial charge in [0.15, 0.2) is 0 Å². The molecule has 0 amide bonds. The third-order valence-corrected chi connectivity index (χ3v) is 3.59. The Kier molecular flexibility index (Phi) is 4.49. The van der Waals surface area contributed by atoms with E-state index in [1.165, 1.54) is 12.8 Å². The molecule has 21 heavy (non-hydrogen) atoms. The molecule has 1 saturated heterocycles. The lowest BCUT2D eigenvalue weighted by molar-refractivity contribution is 0.659. The average Bonchev–Trinajstić information content (AvgIpc) is 3.16. The number of aromatic nitrogens is 5. The fourth-order valence-corrected chi connectivity index (χ4v) is 2.51. The fraction of sp³-hybridized carbons (Fsp3) is 0.538. The second-order valence-electron chi connectivity index (χ2n) is 5.00. The van der Waals surface area contributed by atoms with Crippen molar-refractivity contribution in [3.63, 3.8) is 0 Å². The summed E-state index contributed by atoms with van der Waals surface area (Å²) in [4.78, 5) is 18.9. The highest BCUT2D eigenvalue weighted by atomic mass is 35.5. The minimum Gasteiger partial charge on any atom is -0.354 e. The maximum atomic E-state index is 5.98. The lowest BCUT2D eigenvalue weighted by Gasteiger charge is -2.15. The molecule has 3 rings (SSSR count). The van der Waals surface area contributed by atoms with Crippen molar-refractivity contribution in [2.45, 2.75) is 25.8 Å². The first-order chi connectivity index (χ1) is 10.3. The Bertz CT molecular complexity index is 566. The van der Waals surface area contributed by atoms with Gasteiger partial charge in [0.05, 0.1) is 6.33 Å². The number of hydrogen-bond donors (Lipinski definition) is 1. The fourth-order valence-electron chi connectivity index (χ4n) is 2.36. The van der Waals surface area contributed by atoms with Crippen LogP contribution >= 0.6 is 11.6 Å². The Hall–Kier alpha value is -1.89. The molecule has 8 heteroatoms. The minimum absolute atomic E-state index is 0.240. The van der Waals surface area contributed by atoms with Gasteiger partial charge in [0.25, 0.3) is 0 Å². The predicted octanol–water partition coefficient (Wildman–Crippen LogP) is 1.82. The van der Waals surface area contributed by atoms with Crippen molar-refractivity contribution in [3.8, 4) is 0 Å². The molecule has 0 aliphatic carbocycles. The first-order valence-electron chi connectivity index (χ1n) is 7.17. The normalized spacial score (nSPS) is 14.6. The van der Waals surface area contributed by atoms with Gasteiger partial charge >= 0.3 is 0 Å². The van der Waals surface area contributed by atoms with Gasteiger partial charge in [-0.3, -0.25) is 0 Å². The molecule has 1 aliphatic rings. The number of hydrogen-bond acceptors (Lipinski definition) is 6. The Morgan fingerprint density at radius 1 is 1.19 bits per heavy atom. The summed E-state index contributed by atoms with van der Waals surface area (Å²) in [5, 5.41) is 3.44. The van der Waals surface area contributed by atoms with Gasteiger partial charge in [-0.1, -0.05) is 0 Å². The molecule has 0 aromatic carbocycles. The number of rotatable bonds is 6. The summed E-state index contributed by atoms with van der Waals surface area (Å²) in [6.45, 7) is 3.66. The summed E-state index contributed by atoms with van der Waals surface area (Å²) >= 11 is 5.98. The topological polar surface area (TPSA) is 71.8 Å². The molecule has 1 fully saturated rings. The third kappa shape index (κ3) is 3.81. The molecule has 0 radical (unpaired) electrons. The van der Waals surface area contributed by atoms with E-state index < -0.39 is 0 Å². The monoisotopic (exact) mass is 307 g/mol. The zero-order chi connectivity index (χ0) is 14.5. The third-order valence-electron chi connectivity index (χ3n) is 3.42. The minimum atomic E-state index is 0.240. The molecular weight excluding hydrogens is 290 g/mol. The van der Waals surface area contributed by atoms with E-state index in [4.69, 9.17) is 11.6 Å². The van der Waals surface area contributed by atoms with Crippen LogP contribution in [0.2, 0.25) is 5.28 Å². The van der Waals surface area contributed by atoms with E-state index >= 15 is 0 Å². The zero-order valence-electron chi connectivity index (χ0n) is 11.7. The smallest absolute Gasteiger partial charge is 0.231 e. The molecule has 2 aromatic rings. The summed E-state index contributed by atoms with van der Waals surface area (Å²) in [6.07, 6.45) is 8.85. The number of imidazole rings is 1. The van der Waals surface area contributed by atoms with E-state index in [1.54, 1.807) is 6.20 Å². The Morgan fingerprint density at radius 2 is 2.05 bits per heavy atom. The quantitative estimate of drug-likeness (QED) is 0.821. The number of nitrogens with zero attached hydrogens (tertiary/aromatic N) is 6. The average molecular weight is 308 g/mol. The Morgan fingerprint density at radius 3 is 2.81 bits per heavy atom. The summed E-state index contributed by atoms with van der Waals surface area (Å²) in [5.41, 5.74) is 0. The lowest BCUT2D eigenvalue weighted by atomic mass is 10.4. The van der Waals surface area contributed by atoms with E-state index in [2.05, 4.69) is 30.2 Å². The van der Waals surface area contributed by atoms with E-state index in [0.29, 0.717) is 11.9 Å². The highest BCUT2D eigenvalue weighted by molar-refractivity contribution is 6.28. The molecule has 0 unspecified atom stereocenters. The molecule has 7 nitrogen and oxygen atoms in total. The number of aryl methyl sites for hydroxylation is 1. The summed E-state index contributed by atoms with van der Waals surface area (Å²) in [6, 6.07) is 0. The number of anilines is 2. The molecule has 112 valence electrons. The van der Waals surface area contributed by atoms with E-state index in [0.717, 1.165) is 32.6 Å². The zero-order valence-corrected chi connectivity index (χ0v) is 12.5. The van der Waals surface area contributed by atoms with Crippen molar-refractivity contribution in [2.75, 3.05) is 29.9 Å². The molecule has 1 N–H and O–H groups in total. The van der Waals surface area contributed by atoms with Crippen molar-refractivity contribution in [1.29, 1.82) is 0 Å². The van der Waals surface area contributed by atoms with Gasteiger partial charge in [0.2, 0.25) is 17.2 Å². The highest BCUT2D eigenvalue weighted by Gasteiger charge is 2.16. The molecule has 3 heterocycles. The van der Waals surface area contributed by atoms with Crippen LogP contribution in [0.4, 0.5) is 11.9 Å². The first-order valence-corrected chi connectivity index (χ1v) is 7.55. The van der Waals surface area contributed by atoms with Crippen molar-refractivity contribution >= 4 is 23.5 Å². The van der Waals surface area contributed by atoms with Crippen molar-refractivity contribution < 1.29 is 0 Å². The first kappa shape index (κ1) is 14.1. The number of halogens is 1. The highest BCUT2D eigenvalue weighted by Crippen LogP contribution is 2.18. The summed E-state index contributed by atoms with van der Waals surface area (Å²) in [5.74, 6) is 1.21. The maximum Gasteiger partial charge on any atom is 0.231 e. The SMILES string of the molecule is Clc1nc(NCCCn2ccnc2)nc(N2CCCC2)n1. The van der Waals surface area contributed by atoms with Crippen LogP contribution in [-0.2, 0) is 6.54 Å². The standard InChI is InChI=1S/C13H18ClN7/c14-11-17-12(16-4-3-6-20-9-5-15-10-20)19-13(18-11)21-7-1-2-8-21/h5,9-10H,1-4,6-8H2,(H,16,17,18,19). The van der Waals surface area contributed by atoms with Crippen molar-refractivity contribution in [1.82, 2.24) is 24.5 Å². The van der Waals surface area contributed by atoms with Gasteiger partial charge in [-0.05, 0) is 30.9 Å². The van der Waals surface area contributed by atoms with Gasteiger partial charge in [-0.15, -0.1) is 0 Å². The van der Waals surface area contributed by atoms with Crippen LogP contribution in [0, 0.1) is 0 Å². The van der Waals surface area contributed by atoms with Crippen LogP contribution in [0.15, 0.2) is 18.7 Å². The summed E-state index contributed by atoms with van der Waals surface area (Å²) < 4.78 is 2.04. The molecule has 1 aliphatic heterocycles. The van der Waals surface area contributed by atoms with Crippen molar-refractivity contribution in [3.05, 3.63) is 24.0 Å². The molecule has 0 spiro atoms.